The molecule has 5 nitrogen and oxygen atoms in total. The maximum atomic E-state index is 11.6. The smallest absolute Gasteiger partial charge is 0.225 e. The third-order valence-electron chi connectivity index (χ3n) is 2.19. The van der Waals surface area contributed by atoms with Gasteiger partial charge in [0, 0.05) is 19.0 Å². The molecular formula is C13H21ClN2O3. The molecule has 0 saturated heterocycles. The van der Waals surface area contributed by atoms with Crippen LogP contribution in [0, 0.1) is 0 Å². The molecule has 0 unspecified atom stereocenters. The van der Waals surface area contributed by atoms with Crippen molar-refractivity contribution in [2.75, 3.05) is 19.0 Å². The Balaban J connectivity index is 0.00000324. The van der Waals surface area contributed by atoms with Crippen molar-refractivity contribution in [1.82, 2.24) is 0 Å². The van der Waals surface area contributed by atoms with Crippen LogP contribution in [-0.2, 0) is 4.79 Å². The van der Waals surface area contributed by atoms with E-state index in [9.17, 15) is 4.79 Å². The van der Waals surface area contributed by atoms with Crippen LogP contribution in [0.15, 0.2) is 18.2 Å². The summed E-state index contributed by atoms with van der Waals surface area (Å²) in [7, 11) is 1.57. The van der Waals surface area contributed by atoms with E-state index >= 15 is 0 Å². The van der Waals surface area contributed by atoms with Crippen molar-refractivity contribution >= 4 is 24.0 Å². The number of nitrogens with two attached hydrogens (primary N) is 1. The molecule has 0 aromatic heterocycles. The normalized spacial score (nSPS) is 9.74. The van der Waals surface area contributed by atoms with Gasteiger partial charge in [-0.1, -0.05) is 0 Å². The third-order valence-corrected chi connectivity index (χ3v) is 2.19. The Morgan fingerprint density at radius 2 is 2.11 bits per heavy atom. The Kier molecular flexibility index (Phi) is 7.95. The summed E-state index contributed by atoms with van der Waals surface area (Å²) in [6, 6.07) is 5.29. The lowest BCUT2D eigenvalue weighted by Gasteiger charge is -2.15. The second-order valence-corrected chi connectivity index (χ2v) is 4.12. The van der Waals surface area contributed by atoms with Crippen molar-refractivity contribution in [2.45, 2.75) is 26.4 Å². The molecule has 1 amide bonds. The molecule has 0 bridgehead atoms. The zero-order valence-electron chi connectivity index (χ0n) is 11.4. The summed E-state index contributed by atoms with van der Waals surface area (Å²) in [6.45, 7) is 4.17. The fraction of sp³-hybridized carbons (Fsp3) is 0.462. The molecule has 1 rings (SSSR count). The monoisotopic (exact) mass is 288 g/mol. The molecule has 0 fully saturated rings. The van der Waals surface area contributed by atoms with E-state index in [-0.39, 0.29) is 30.8 Å². The molecule has 1 aromatic carbocycles. The minimum atomic E-state index is -0.139. The molecule has 0 aliphatic heterocycles. The number of hydrogen-bond donors (Lipinski definition) is 2. The SMILES string of the molecule is COc1ccc(OC(C)C)c(NC(=O)CCN)c1.Cl. The lowest BCUT2D eigenvalue weighted by molar-refractivity contribution is -0.116. The highest BCUT2D eigenvalue weighted by atomic mass is 35.5. The minimum Gasteiger partial charge on any atom is -0.497 e. The van der Waals surface area contributed by atoms with Crippen LogP contribution in [0.4, 0.5) is 5.69 Å². The van der Waals surface area contributed by atoms with E-state index in [1.807, 2.05) is 13.8 Å². The van der Waals surface area contributed by atoms with Crippen LogP contribution < -0.4 is 20.5 Å². The van der Waals surface area contributed by atoms with Crippen molar-refractivity contribution in [3.8, 4) is 11.5 Å². The van der Waals surface area contributed by atoms with E-state index in [0.717, 1.165) is 0 Å². The van der Waals surface area contributed by atoms with Crippen LogP contribution in [0.25, 0.3) is 0 Å². The van der Waals surface area contributed by atoms with Gasteiger partial charge in [0.05, 0.1) is 18.9 Å². The molecule has 108 valence electrons. The summed E-state index contributed by atoms with van der Waals surface area (Å²) in [5, 5.41) is 2.77. The maximum absolute atomic E-state index is 11.6. The highest BCUT2D eigenvalue weighted by Gasteiger charge is 2.10. The van der Waals surface area contributed by atoms with Gasteiger partial charge in [-0.2, -0.15) is 0 Å². The average molecular weight is 289 g/mol. The summed E-state index contributed by atoms with van der Waals surface area (Å²) in [4.78, 5) is 11.6. The number of hydrogen-bond acceptors (Lipinski definition) is 4. The van der Waals surface area contributed by atoms with Gasteiger partial charge in [-0.25, -0.2) is 0 Å². The molecule has 19 heavy (non-hydrogen) atoms. The number of ether oxygens (including phenoxy) is 2. The van der Waals surface area contributed by atoms with Crippen molar-refractivity contribution < 1.29 is 14.3 Å². The summed E-state index contributed by atoms with van der Waals surface area (Å²) in [5.41, 5.74) is 5.94. The van der Waals surface area contributed by atoms with Gasteiger partial charge >= 0.3 is 0 Å². The maximum Gasteiger partial charge on any atom is 0.225 e. The third kappa shape index (κ3) is 5.81. The highest BCUT2D eigenvalue weighted by Crippen LogP contribution is 2.30. The minimum absolute atomic E-state index is 0. The second-order valence-electron chi connectivity index (χ2n) is 4.12. The Morgan fingerprint density at radius 3 is 2.63 bits per heavy atom. The van der Waals surface area contributed by atoms with Gasteiger partial charge in [0.15, 0.2) is 0 Å². The van der Waals surface area contributed by atoms with Crippen molar-refractivity contribution in [3.05, 3.63) is 18.2 Å². The fourth-order valence-electron chi connectivity index (χ4n) is 1.43. The molecule has 0 saturated carbocycles. The number of methoxy groups -OCH3 is 1. The lowest BCUT2D eigenvalue weighted by Crippen LogP contribution is -2.17. The van der Waals surface area contributed by atoms with E-state index in [0.29, 0.717) is 23.7 Å². The highest BCUT2D eigenvalue weighted by molar-refractivity contribution is 5.92. The predicted molar refractivity (Wildman–Crippen MR) is 78.3 cm³/mol. The average Bonchev–Trinajstić information content (AvgIpc) is 2.31. The zero-order valence-corrected chi connectivity index (χ0v) is 12.3. The van der Waals surface area contributed by atoms with Gasteiger partial charge in [-0.3, -0.25) is 4.79 Å². The first-order chi connectivity index (χ1) is 8.56. The van der Waals surface area contributed by atoms with E-state index < -0.39 is 0 Å². The van der Waals surface area contributed by atoms with E-state index in [1.54, 1.807) is 25.3 Å². The van der Waals surface area contributed by atoms with Crippen LogP contribution in [0.1, 0.15) is 20.3 Å². The van der Waals surface area contributed by atoms with E-state index in [1.165, 1.54) is 0 Å². The van der Waals surface area contributed by atoms with Gasteiger partial charge in [-0.15, -0.1) is 12.4 Å². The van der Waals surface area contributed by atoms with Gasteiger partial charge in [0.25, 0.3) is 0 Å². The standard InChI is InChI=1S/C13H20N2O3.ClH/c1-9(2)18-12-5-4-10(17-3)8-11(12)15-13(16)6-7-14;/h4-5,8-9H,6-7,14H2,1-3H3,(H,15,16);1H. The van der Waals surface area contributed by atoms with E-state index in [4.69, 9.17) is 15.2 Å². The van der Waals surface area contributed by atoms with Crippen LogP contribution in [0.3, 0.4) is 0 Å². The molecule has 1 aromatic rings. The van der Waals surface area contributed by atoms with Gasteiger partial charge in [-0.05, 0) is 26.0 Å². The largest absolute Gasteiger partial charge is 0.497 e. The predicted octanol–water partition coefficient (Wildman–Crippen LogP) is 2.19. The number of anilines is 1. The van der Waals surface area contributed by atoms with Crippen molar-refractivity contribution in [1.29, 1.82) is 0 Å². The first-order valence-electron chi connectivity index (χ1n) is 5.91. The quantitative estimate of drug-likeness (QED) is 0.841. The van der Waals surface area contributed by atoms with Crippen LogP contribution >= 0.6 is 12.4 Å². The number of carbonyl (C=O) groups is 1. The first-order valence-corrected chi connectivity index (χ1v) is 5.91. The summed E-state index contributed by atoms with van der Waals surface area (Å²) >= 11 is 0. The molecular weight excluding hydrogens is 268 g/mol. The Labute approximate surface area is 119 Å². The lowest BCUT2D eigenvalue weighted by atomic mass is 10.2. The fourth-order valence-corrected chi connectivity index (χ4v) is 1.43. The molecule has 0 aliphatic rings. The topological polar surface area (TPSA) is 73.6 Å². The van der Waals surface area contributed by atoms with Crippen molar-refractivity contribution in [2.24, 2.45) is 5.73 Å². The van der Waals surface area contributed by atoms with Crippen molar-refractivity contribution in [3.63, 3.8) is 0 Å². The first kappa shape index (κ1) is 17.5. The molecule has 6 heteroatoms. The Bertz CT molecular complexity index is 411. The zero-order chi connectivity index (χ0) is 13.5. The molecule has 0 heterocycles. The van der Waals surface area contributed by atoms with E-state index in [2.05, 4.69) is 5.32 Å². The molecule has 0 spiro atoms. The summed E-state index contributed by atoms with van der Waals surface area (Å²) in [6.07, 6.45) is 0.307. The number of amides is 1. The van der Waals surface area contributed by atoms with Crippen LogP contribution in [0.2, 0.25) is 0 Å². The number of rotatable bonds is 6. The van der Waals surface area contributed by atoms with Crippen LogP contribution in [-0.4, -0.2) is 25.7 Å². The summed E-state index contributed by atoms with van der Waals surface area (Å²) in [5.74, 6) is 1.14. The number of halogens is 1. The summed E-state index contributed by atoms with van der Waals surface area (Å²) < 4.78 is 10.7. The molecule has 0 radical (unpaired) electrons. The van der Waals surface area contributed by atoms with Gasteiger partial charge in [0.2, 0.25) is 5.91 Å². The molecule has 0 aliphatic carbocycles. The van der Waals surface area contributed by atoms with Gasteiger partial charge in [0.1, 0.15) is 11.5 Å². The van der Waals surface area contributed by atoms with Gasteiger partial charge < -0.3 is 20.5 Å². The molecule has 0 atom stereocenters. The Hall–Kier alpha value is -1.46. The number of benzene rings is 1. The molecule has 3 N–H and O–H groups in total. The number of carbonyl (C=O) groups excluding carboxylic acids is 1. The number of nitrogens with one attached hydrogen (secondary N) is 1. The van der Waals surface area contributed by atoms with Crippen LogP contribution in [0.5, 0.6) is 11.5 Å². The second kappa shape index (κ2) is 8.61. The Morgan fingerprint density at radius 1 is 1.42 bits per heavy atom.